The number of aromatic nitrogens is 2. The molecule has 2 heterocycles. The van der Waals surface area contributed by atoms with Crippen molar-refractivity contribution >= 4 is 32.2 Å². The molecule has 6 nitrogen and oxygen atoms in total. The lowest BCUT2D eigenvalue weighted by atomic mass is 10.3. The van der Waals surface area contributed by atoms with Crippen LogP contribution in [0.1, 0.15) is 11.4 Å². The predicted octanol–water partition coefficient (Wildman–Crippen LogP) is 1.54. The number of hydrogen-bond donors (Lipinski definition) is 2. The normalized spacial score (nSPS) is 11.4. The Bertz CT molecular complexity index is 679. The van der Waals surface area contributed by atoms with Gasteiger partial charge in [-0.2, -0.15) is 0 Å². The van der Waals surface area contributed by atoms with E-state index in [-0.39, 0.29) is 9.34 Å². The first-order chi connectivity index (χ1) is 8.38. The van der Waals surface area contributed by atoms with E-state index < -0.39 is 10.0 Å². The minimum atomic E-state index is -3.64. The van der Waals surface area contributed by atoms with Crippen LogP contribution in [0.5, 0.6) is 0 Å². The van der Waals surface area contributed by atoms with Crippen LogP contribution in [0.3, 0.4) is 0 Å². The Morgan fingerprint density at radius 1 is 1.39 bits per heavy atom. The van der Waals surface area contributed by atoms with Crippen molar-refractivity contribution in [1.82, 2.24) is 9.97 Å². The number of sulfonamides is 1. The van der Waals surface area contributed by atoms with Crippen LogP contribution in [0.2, 0.25) is 0 Å². The molecule has 0 saturated carbocycles. The molecule has 3 N–H and O–H groups in total. The monoisotopic (exact) mass is 284 g/mol. The summed E-state index contributed by atoms with van der Waals surface area (Å²) in [5.74, 6) is 0. The number of aryl methyl sites for hydroxylation is 2. The topological polar surface area (TPSA) is 98.0 Å². The van der Waals surface area contributed by atoms with Crippen LogP contribution in [0.25, 0.3) is 0 Å². The second-order valence-corrected chi connectivity index (χ2v) is 6.62. The second-order valence-electron chi connectivity index (χ2n) is 3.72. The maximum atomic E-state index is 12.1. The van der Waals surface area contributed by atoms with E-state index >= 15 is 0 Å². The highest BCUT2D eigenvalue weighted by Crippen LogP contribution is 2.26. The van der Waals surface area contributed by atoms with Crippen molar-refractivity contribution < 1.29 is 8.42 Å². The molecule has 8 heteroatoms. The molecule has 0 radical (unpaired) electrons. The van der Waals surface area contributed by atoms with E-state index in [0.29, 0.717) is 11.4 Å². The van der Waals surface area contributed by atoms with Gasteiger partial charge in [-0.05, 0) is 26.0 Å². The summed E-state index contributed by atoms with van der Waals surface area (Å²) in [4.78, 5) is 7.90. The van der Waals surface area contributed by atoms with Crippen molar-refractivity contribution in [1.29, 1.82) is 0 Å². The molecule has 0 aliphatic heterocycles. The first-order valence-electron chi connectivity index (χ1n) is 5.07. The largest absolute Gasteiger partial charge is 0.375 e. The molecule has 0 saturated heterocycles. The lowest BCUT2D eigenvalue weighted by Crippen LogP contribution is -2.12. The molecule has 2 rings (SSSR count). The van der Waals surface area contributed by atoms with Gasteiger partial charge in [0.25, 0.3) is 10.0 Å². The van der Waals surface area contributed by atoms with Gasteiger partial charge in [-0.25, -0.2) is 13.4 Å². The van der Waals surface area contributed by atoms with Crippen LogP contribution < -0.4 is 10.5 Å². The highest BCUT2D eigenvalue weighted by atomic mass is 32.2. The summed E-state index contributed by atoms with van der Waals surface area (Å²) in [6.07, 6.45) is 1.54. The van der Waals surface area contributed by atoms with Gasteiger partial charge < -0.3 is 5.73 Å². The first-order valence-corrected chi connectivity index (χ1v) is 7.37. The van der Waals surface area contributed by atoms with E-state index in [0.717, 1.165) is 17.0 Å². The molecule has 0 bridgehead atoms. The zero-order chi connectivity index (χ0) is 13.3. The van der Waals surface area contributed by atoms with Gasteiger partial charge in [0.1, 0.15) is 0 Å². The Morgan fingerprint density at radius 3 is 2.67 bits per heavy atom. The van der Waals surface area contributed by atoms with Crippen LogP contribution in [-0.2, 0) is 10.0 Å². The predicted molar refractivity (Wildman–Crippen MR) is 71.0 cm³/mol. The molecule has 18 heavy (non-hydrogen) atoms. The summed E-state index contributed by atoms with van der Waals surface area (Å²) in [7, 11) is -3.64. The summed E-state index contributed by atoms with van der Waals surface area (Å²) in [5.41, 5.74) is 7.10. The third-order valence-electron chi connectivity index (χ3n) is 2.16. The van der Waals surface area contributed by atoms with E-state index in [9.17, 15) is 8.42 Å². The van der Waals surface area contributed by atoms with Crippen molar-refractivity contribution in [3.8, 4) is 0 Å². The minimum Gasteiger partial charge on any atom is -0.375 e. The molecule has 0 atom stereocenters. The van der Waals surface area contributed by atoms with E-state index in [2.05, 4.69) is 14.7 Å². The summed E-state index contributed by atoms with van der Waals surface area (Å²) < 4.78 is 26.9. The standard InChI is InChI=1S/C10H12N4O2S2/c1-6-5-8(3-4-12-6)14-18(15,16)9-7(2)13-10(11)17-9/h3-5H,1-2H3,(H2,11,13)(H,12,14). The minimum absolute atomic E-state index is 0.134. The zero-order valence-corrected chi connectivity index (χ0v) is 11.5. The lowest BCUT2D eigenvalue weighted by molar-refractivity contribution is 0.602. The van der Waals surface area contributed by atoms with Crippen LogP contribution in [-0.4, -0.2) is 18.4 Å². The number of hydrogen-bond acceptors (Lipinski definition) is 6. The molecule has 0 unspecified atom stereocenters. The molecule has 0 amide bonds. The number of nitrogen functional groups attached to an aromatic ring is 1. The van der Waals surface area contributed by atoms with Crippen molar-refractivity contribution in [2.45, 2.75) is 18.1 Å². The van der Waals surface area contributed by atoms with E-state index in [1.807, 2.05) is 0 Å². The number of pyridine rings is 1. The van der Waals surface area contributed by atoms with E-state index in [1.54, 1.807) is 32.2 Å². The van der Waals surface area contributed by atoms with Crippen molar-refractivity contribution in [2.24, 2.45) is 0 Å². The Kier molecular flexibility index (Phi) is 3.22. The molecule has 2 aromatic heterocycles. The Morgan fingerprint density at radius 2 is 2.11 bits per heavy atom. The molecule has 0 aliphatic rings. The lowest BCUT2D eigenvalue weighted by Gasteiger charge is -2.06. The third-order valence-corrected chi connectivity index (χ3v) is 5.14. The van der Waals surface area contributed by atoms with E-state index in [4.69, 9.17) is 5.73 Å². The molecule has 0 aromatic carbocycles. The highest BCUT2D eigenvalue weighted by Gasteiger charge is 2.21. The quantitative estimate of drug-likeness (QED) is 0.890. The SMILES string of the molecule is Cc1cc(NS(=O)(=O)c2sc(N)nc2C)ccn1. The van der Waals surface area contributed by atoms with E-state index in [1.165, 1.54) is 0 Å². The van der Waals surface area contributed by atoms with Gasteiger partial charge in [0, 0.05) is 11.9 Å². The third kappa shape index (κ3) is 2.59. The van der Waals surface area contributed by atoms with Gasteiger partial charge in [0.15, 0.2) is 9.34 Å². The Hall–Kier alpha value is -1.67. The average molecular weight is 284 g/mol. The van der Waals surface area contributed by atoms with Gasteiger partial charge in [0.05, 0.1) is 11.4 Å². The Labute approximate surface area is 109 Å². The Balaban J connectivity index is 2.36. The summed E-state index contributed by atoms with van der Waals surface area (Å²) in [5, 5.41) is 0.235. The molecule has 0 aliphatic carbocycles. The fourth-order valence-electron chi connectivity index (χ4n) is 1.46. The van der Waals surface area contributed by atoms with Gasteiger partial charge >= 0.3 is 0 Å². The number of anilines is 2. The molecular formula is C10H12N4O2S2. The fraction of sp³-hybridized carbons (Fsp3) is 0.200. The number of nitrogens with one attached hydrogen (secondary N) is 1. The van der Waals surface area contributed by atoms with Crippen LogP contribution >= 0.6 is 11.3 Å². The van der Waals surface area contributed by atoms with Crippen molar-refractivity contribution in [2.75, 3.05) is 10.5 Å². The molecule has 0 fully saturated rings. The second kappa shape index (κ2) is 4.54. The summed E-state index contributed by atoms with van der Waals surface area (Å²) in [6, 6.07) is 3.24. The maximum absolute atomic E-state index is 12.1. The fourth-order valence-corrected chi connectivity index (χ4v) is 3.81. The van der Waals surface area contributed by atoms with Gasteiger partial charge in [-0.15, -0.1) is 0 Å². The number of thiazole rings is 1. The average Bonchev–Trinajstić information content (AvgIpc) is 2.58. The number of nitrogens with two attached hydrogens (primary N) is 1. The summed E-state index contributed by atoms with van der Waals surface area (Å²) in [6.45, 7) is 3.40. The van der Waals surface area contributed by atoms with Gasteiger partial charge in [-0.3, -0.25) is 9.71 Å². The van der Waals surface area contributed by atoms with Crippen LogP contribution in [0.15, 0.2) is 22.5 Å². The smallest absolute Gasteiger partial charge is 0.273 e. The number of rotatable bonds is 3. The van der Waals surface area contributed by atoms with Crippen molar-refractivity contribution in [3.05, 3.63) is 29.7 Å². The zero-order valence-electron chi connectivity index (χ0n) is 9.84. The van der Waals surface area contributed by atoms with Crippen LogP contribution in [0, 0.1) is 13.8 Å². The summed E-state index contributed by atoms with van der Waals surface area (Å²) >= 11 is 0.945. The van der Waals surface area contributed by atoms with Crippen LogP contribution in [0.4, 0.5) is 10.8 Å². The maximum Gasteiger partial charge on any atom is 0.273 e. The number of nitrogens with zero attached hydrogens (tertiary/aromatic N) is 2. The van der Waals surface area contributed by atoms with Gasteiger partial charge in [0.2, 0.25) is 0 Å². The molecule has 2 aromatic rings. The van der Waals surface area contributed by atoms with Gasteiger partial charge in [-0.1, -0.05) is 11.3 Å². The highest BCUT2D eigenvalue weighted by molar-refractivity contribution is 7.94. The molecular weight excluding hydrogens is 272 g/mol. The first kappa shape index (κ1) is 12.8. The molecule has 0 spiro atoms. The molecule has 96 valence electrons. The van der Waals surface area contributed by atoms with Crippen molar-refractivity contribution in [3.63, 3.8) is 0 Å².